The molecule has 0 saturated carbocycles. The molecule has 1 heteroatoms. The number of nitrogens with one attached hydrogen (secondary N) is 1. The van der Waals surface area contributed by atoms with Gasteiger partial charge in [-0.2, -0.15) is 0 Å². The van der Waals surface area contributed by atoms with E-state index >= 15 is 0 Å². The van der Waals surface area contributed by atoms with Crippen LogP contribution in [0.1, 0.15) is 74.1 Å². The molecule has 1 N–H and O–H groups in total. The predicted octanol–water partition coefficient (Wildman–Crippen LogP) is 4.62. The standard InChI is InChI=1S/C15H33N/c1-8-9-10-11-12-16-13(14(2,3)4)15(5,6)7/h13,16H,8-12H2,1-7H3. The van der Waals surface area contributed by atoms with Gasteiger partial charge in [0, 0.05) is 6.04 Å². The number of unbranched alkanes of at least 4 members (excludes halogenated alkanes) is 3. The molecule has 98 valence electrons. The molecule has 0 aliphatic rings. The van der Waals surface area contributed by atoms with Gasteiger partial charge in [0.25, 0.3) is 0 Å². The molecule has 0 aliphatic carbocycles. The molecule has 0 bridgehead atoms. The molecule has 0 aromatic rings. The summed E-state index contributed by atoms with van der Waals surface area (Å²) in [6.07, 6.45) is 5.38. The van der Waals surface area contributed by atoms with E-state index in [2.05, 4.69) is 53.8 Å². The molecule has 1 nitrogen and oxygen atoms in total. The number of hydrogen-bond acceptors (Lipinski definition) is 1. The van der Waals surface area contributed by atoms with Gasteiger partial charge in [-0.05, 0) is 23.8 Å². The Balaban J connectivity index is 4.06. The fraction of sp³-hybridized carbons (Fsp3) is 1.00. The highest BCUT2D eigenvalue weighted by atomic mass is 14.9. The first-order valence-electron chi connectivity index (χ1n) is 6.93. The third-order valence-corrected chi connectivity index (χ3v) is 3.11. The molecule has 0 aromatic carbocycles. The summed E-state index contributed by atoms with van der Waals surface area (Å²) in [6, 6.07) is 0.585. The minimum absolute atomic E-state index is 0.336. The van der Waals surface area contributed by atoms with Crippen LogP contribution < -0.4 is 5.32 Å². The molecule has 0 amide bonds. The fourth-order valence-electron chi connectivity index (χ4n) is 2.71. The Bertz CT molecular complexity index is 157. The van der Waals surface area contributed by atoms with Gasteiger partial charge in [-0.15, -0.1) is 0 Å². The maximum atomic E-state index is 3.76. The van der Waals surface area contributed by atoms with Gasteiger partial charge in [0.1, 0.15) is 0 Å². The van der Waals surface area contributed by atoms with Crippen molar-refractivity contribution in [2.24, 2.45) is 10.8 Å². The van der Waals surface area contributed by atoms with Gasteiger partial charge < -0.3 is 5.32 Å². The molecule has 0 atom stereocenters. The number of hydrogen-bond donors (Lipinski definition) is 1. The van der Waals surface area contributed by atoms with Gasteiger partial charge in [0.15, 0.2) is 0 Å². The minimum atomic E-state index is 0.336. The molecule has 0 rings (SSSR count). The van der Waals surface area contributed by atoms with Gasteiger partial charge in [0.2, 0.25) is 0 Å². The van der Waals surface area contributed by atoms with Crippen molar-refractivity contribution in [1.82, 2.24) is 5.32 Å². The van der Waals surface area contributed by atoms with Gasteiger partial charge >= 0.3 is 0 Å². The molecule has 0 unspecified atom stereocenters. The lowest BCUT2D eigenvalue weighted by atomic mass is 9.72. The van der Waals surface area contributed by atoms with Crippen LogP contribution in [0.15, 0.2) is 0 Å². The fourth-order valence-corrected chi connectivity index (χ4v) is 2.71. The Labute approximate surface area is 103 Å². The van der Waals surface area contributed by atoms with E-state index in [0.717, 1.165) is 0 Å². The Morgan fingerprint density at radius 1 is 0.812 bits per heavy atom. The van der Waals surface area contributed by atoms with Crippen LogP contribution in [0, 0.1) is 10.8 Å². The molecular weight excluding hydrogens is 194 g/mol. The van der Waals surface area contributed by atoms with Gasteiger partial charge in [-0.3, -0.25) is 0 Å². The van der Waals surface area contributed by atoms with Crippen LogP contribution in [0.25, 0.3) is 0 Å². The monoisotopic (exact) mass is 227 g/mol. The Kier molecular flexibility index (Phi) is 6.62. The highest BCUT2D eigenvalue weighted by Gasteiger charge is 2.33. The van der Waals surface area contributed by atoms with Gasteiger partial charge in [0.05, 0.1) is 0 Å². The average Bonchev–Trinajstić information content (AvgIpc) is 2.06. The summed E-state index contributed by atoms with van der Waals surface area (Å²) >= 11 is 0. The van der Waals surface area contributed by atoms with E-state index in [1.54, 1.807) is 0 Å². The summed E-state index contributed by atoms with van der Waals surface area (Å²) in [5.74, 6) is 0. The van der Waals surface area contributed by atoms with Crippen LogP contribution in [0.5, 0.6) is 0 Å². The van der Waals surface area contributed by atoms with Crippen LogP contribution in [0.2, 0.25) is 0 Å². The van der Waals surface area contributed by atoms with E-state index in [1.807, 2.05) is 0 Å². The summed E-state index contributed by atoms with van der Waals surface area (Å²) < 4.78 is 0. The molecular formula is C15H33N. The van der Waals surface area contributed by atoms with Crippen LogP contribution in [-0.4, -0.2) is 12.6 Å². The van der Waals surface area contributed by atoms with E-state index in [1.165, 1.54) is 32.2 Å². The zero-order chi connectivity index (χ0) is 12.8. The SMILES string of the molecule is CCCCCCNC(C(C)(C)C)C(C)(C)C. The van der Waals surface area contributed by atoms with E-state index < -0.39 is 0 Å². The Morgan fingerprint density at radius 3 is 1.69 bits per heavy atom. The first kappa shape index (κ1) is 16.0. The van der Waals surface area contributed by atoms with Crippen LogP contribution >= 0.6 is 0 Å². The summed E-state index contributed by atoms with van der Waals surface area (Å²) in [5.41, 5.74) is 0.673. The molecule has 16 heavy (non-hydrogen) atoms. The molecule has 0 radical (unpaired) electrons. The summed E-state index contributed by atoms with van der Waals surface area (Å²) in [4.78, 5) is 0. The molecule has 0 heterocycles. The topological polar surface area (TPSA) is 12.0 Å². The molecule has 0 fully saturated rings. The third-order valence-electron chi connectivity index (χ3n) is 3.11. The summed E-state index contributed by atoms with van der Waals surface area (Å²) in [7, 11) is 0. The lowest BCUT2D eigenvalue weighted by Crippen LogP contribution is -2.49. The second kappa shape index (κ2) is 6.64. The van der Waals surface area contributed by atoms with Crippen molar-refractivity contribution in [3.63, 3.8) is 0 Å². The van der Waals surface area contributed by atoms with Crippen molar-refractivity contribution in [2.75, 3.05) is 6.54 Å². The normalized spacial score (nSPS) is 13.5. The first-order chi connectivity index (χ1) is 7.19. The van der Waals surface area contributed by atoms with Crippen LogP contribution in [-0.2, 0) is 0 Å². The Morgan fingerprint density at radius 2 is 1.31 bits per heavy atom. The quantitative estimate of drug-likeness (QED) is 0.653. The molecule has 0 aromatic heterocycles. The molecule has 0 saturated heterocycles. The lowest BCUT2D eigenvalue weighted by Gasteiger charge is -2.41. The second-order valence-corrected chi connectivity index (χ2v) is 7.18. The van der Waals surface area contributed by atoms with Crippen molar-refractivity contribution in [3.8, 4) is 0 Å². The average molecular weight is 227 g/mol. The smallest absolute Gasteiger partial charge is 0.0164 e. The first-order valence-corrected chi connectivity index (χ1v) is 6.93. The Hall–Kier alpha value is -0.0400. The zero-order valence-electron chi connectivity index (χ0n) is 12.6. The maximum Gasteiger partial charge on any atom is 0.0164 e. The third kappa shape index (κ3) is 6.52. The largest absolute Gasteiger partial charge is 0.313 e. The number of rotatable bonds is 6. The zero-order valence-corrected chi connectivity index (χ0v) is 12.6. The van der Waals surface area contributed by atoms with Crippen molar-refractivity contribution >= 4 is 0 Å². The minimum Gasteiger partial charge on any atom is -0.313 e. The second-order valence-electron chi connectivity index (χ2n) is 7.18. The van der Waals surface area contributed by atoms with Crippen molar-refractivity contribution in [2.45, 2.75) is 80.2 Å². The van der Waals surface area contributed by atoms with E-state index in [-0.39, 0.29) is 0 Å². The lowest BCUT2D eigenvalue weighted by molar-refractivity contribution is 0.140. The van der Waals surface area contributed by atoms with E-state index in [4.69, 9.17) is 0 Å². The highest BCUT2D eigenvalue weighted by Crippen LogP contribution is 2.33. The predicted molar refractivity (Wildman–Crippen MR) is 74.8 cm³/mol. The van der Waals surface area contributed by atoms with Crippen molar-refractivity contribution in [1.29, 1.82) is 0 Å². The van der Waals surface area contributed by atoms with Gasteiger partial charge in [-0.25, -0.2) is 0 Å². The van der Waals surface area contributed by atoms with Crippen molar-refractivity contribution < 1.29 is 0 Å². The van der Waals surface area contributed by atoms with Crippen molar-refractivity contribution in [3.05, 3.63) is 0 Å². The molecule has 0 aliphatic heterocycles. The highest BCUT2D eigenvalue weighted by molar-refractivity contribution is 4.89. The maximum absolute atomic E-state index is 3.76. The summed E-state index contributed by atoms with van der Waals surface area (Å²) in [6.45, 7) is 17.4. The van der Waals surface area contributed by atoms with Gasteiger partial charge in [-0.1, -0.05) is 67.7 Å². The van der Waals surface area contributed by atoms with Crippen LogP contribution in [0.3, 0.4) is 0 Å². The van der Waals surface area contributed by atoms with Crippen LogP contribution in [0.4, 0.5) is 0 Å². The van der Waals surface area contributed by atoms with E-state index in [0.29, 0.717) is 16.9 Å². The van der Waals surface area contributed by atoms with E-state index in [9.17, 15) is 0 Å². The molecule has 0 spiro atoms. The summed E-state index contributed by atoms with van der Waals surface area (Å²) in [5, 5.41) is 3.76.